The molecule has 3 amide bonds. The first kappa shape index (κ1) is 15.8. The average molecular weight is 305 g/mol. The minimum Gasteiger partial charge on any atom is -0.478 e. The number of carboxylic acid groups (broad SMARTS) is 1. The minimum absolute atomic E-state index is 0.0590. The molecule has 7 nitrogen and oxygen atoms in total. The molecule has 1 aliphatic rings. The van der Waals surface area contributed by atoms with E-state index in [2.05, 4.69) is 16.0 Å². The van der Waals surface area contributed by atoms with E-state index in [4.69, 9.17) is 5.11 Å². The summed E-state index contributed by atoms with van der Waals surface area (Å²) in [5, 5.41) is 16.6. The van der Waals surface area contributed by atoms with E-state index in [1.54, 1.807) is 12.1 Å². The molecular weight excluding hydrogens is 286 g/mol. The molecule has 0 heterocycles. The summed E-state index contributed by atoms with van der Waals surface area (Å²) in [5.74, 6) is -0.589. The smallest absolute Gasteiger partial charge is 0.335 e. The molecule has 0 aromatic heterocycles. The van der Waals surface area contributed by atoms with Crippen molar-refractivity contribution in [3.63, 3.8) is 0 Å². The van der Waals surface area contributed by atoms with Crippen molar-refractivity contribution in [3.8, 4) is 0 Å². The van der Waals surface area contributed by atoms with Crippen LogP contribution in [0.3, 0.4) is 0 Å². The van der Waals surface area contributed by atoms with Crippen LogP contribution in [0.4, 0.5) is 4.79 Å². The quantitative estimate of drug-likeness (QED) is 0.595. The lowest BCUT2D eigenvalue weighted by Crippen LogP contribution is -2.42. The zero-order chi connectivity index (χ0) is 15.9. The SMILES string of the molecule is O=C(CNC(=O)NCc1ccc(C(=O)O)cc1)NCC1CC1. The van der Waals surface area contributed by atoms with Gasteiger partial charge in [-0.25, -0.2) is 9.59 Å². The highest BCUT2D eigenvalue weighted by Crippen LogP contribution is 2.27. The van der Waals surface area contributed by atoms with Gasteiger partial charge in [-0.2, -0.15) is 0 Å². The highest BCUT2D eigenvalue weighted by Gasteiger charge is 2.21. The van der Waals surface area contributed by atoms with Gasteiger partial charge in [-0.3, -0.25) is 4.79 Å². The molecule has 0 atom stereocenters. The van der Waals surface area contributed by atoms with Gasteiger partial charge < -0.3 is 21.1 Å². The van der Waals surface area contributed by atoms with Gasteiger partial charge in [0.2, 0.25) is 5.91 Å². The number of rotatable bonds is 7. The van der Waals surface area contributed by atoms with Gasteiger partial charge in [-0.15, -0.1) is 0 Å². The minimum atomic E-state index is -0.991. The van der Waals surface area contributed by atoms with Crippen LogP contribution in [0.5, 0.6) is 0 Å². The number of carbonyl (C=O) groups is 3. The third-order valence-corrected chi connectivity index (χ3v) is 3.35. The van der Waals surface area contributed by atoms with Crippen LogP contribution in [0.2, 0.25) is 0 Å². The number of hydrogen-bond donors (Lipinski definition) is 4. The molecule has 1 saturated carbocycles. The van der Waals surface area contributed by atoms with Crippen molar-refractivity contribution in [3.05, 3.63) is 35.4 Å². The number of urea groups is 1. The highest BCUT2D eigenvalue weighted by atomic mass is 16.4. The molecule has 1 aliphatic carbocycles. The molecule has 0 radical (unpaired) electrons. The molecular formula is C15H19N3O4. The average Bonchev–Trinajstić information content (AvgIpc) is 3.33. The van der Waals surface area contributed by atoms with E-state index in [-0.39, 0.29) is 24.6 Å². The lowest BCUT2D eigenvalue weighted by atomic mass is 10.1. The maximum Gasteiger partial charge on any atom is 0.335 e. The molecule has 0 bridgehead atoms. The number of aromatic carboxylic acids is 1. The maximum atomic E-state index is 11.6. The van der Waals surface area contributed by atoms with Crippen LogP contribution < -0.4 is 16.0 Å². The summed E-state index contributed by atoms with van der Waals surface area (Å²) < 4.78 is 0. The topological polar surface area (TPSA) is 108 Å². The Morgan fingerprint density at radius 2 is 1.73 bits per heavy atom. The fourth-order valence-electron chi connectivity index (χ4n) is 1.81. The summed E-state index contributed by atoms with van der Waals surface area (Å²) in [4.78, 5) is 33.7. The first-order chi connectivity index (χ1) is 10.5. The van der Waals surface area contributed by atoms with Gasteiger partial charge in [0, 0.05) is 13.1 Å². The largest absolute Gasteiger partial charge is 0.478 e. The number of carbonyl (C=O) groups excluding carboxylic acids is 2. The lowest BCUT2D eigenvalue weighted by molar-refractivity contribution is -0.120. The summed E-state index contributed by atoms with van der Waals surface area (Å²) in [6.45, 7) is 0.879. The second-order valence-electron chi connectivity index (χ2n) is 5.29. The van der Waals surface area contributed by atoms with Gasteiger partial charge >= 0.3 is 12.0 Å². The Morgan fingerprint density at radius 1 is 1.05 bits per heavy atom. The summed E-state index contributed by atoms with van der Waals surface area (Å²) in [5.41, 5.74) is 0.971. The Bertz CT molecular complexity index is 552. The van der Waals surface area contributed by atoms with E-state index in [0.717, 1.165) is 18.4 Å². The molecule has 2 rings (SSSR count). The number of benzene rings is 1. The fourth-order valence-corrected chi connectivity index (χ4v) is 1.81. The van der Waals surface area contributed by atoms with Crippen LogP contribution in [-0.4, -0.2) is 36.1 Å². The number of carboxylic acids is 1. The molecule has 118 valence electrons. The molecule has 0 unspecified atom stereocenters. The molecule has 1 fully saturated rings. The first-order valence-corrected chi connectivity index (χ1v) is 7.15. The number of nitrogens with one attached hydrogen (secondary N) is 3. The Hall–Kier alpha value is -2.57. The molecule has 1 aromatic carbocycles. The van der Waals surface area contributed by atoms with Crippen molar-refractivity contribution in [2.75, 3.05) is 13.1 Å². The van der Waals surface area contributed by atoms with Crippen molar-refractivity contribution in [1.29, 1.82) is 0 Å². The van der Waals surface area contributed by atoms with Gasteiger partial charge in [0.05, 0.1) is 12.1 Å². The second kappa shape index (κ2) is 7.44. The molecule has 1 aromatic rings. The van der Waals surface area contributed by atoms with E-state index in [1.165, 1.54) is 12.1 Å². The van der Waals surface area contributed by atoms with E-state index in [0.29, 0.717) is 12.5 Å². The van der Waals surface area contributed by atoms with Crippen molar-refractivity contribution in [1.82, 2.24) is 16.0 Å². The van der Waals surface area contributed by atoms with Crippen LogP contribution in [0, 0.1) is 5.92 Å². The van der Waals surface area contributed by atoms with Gasteiger partial charge in [0.1, 0.15) is 0 Å². The Balaban J connectivity index is 1.63. The Kier molecular flexibility index (Phi) is 5.35. The third kappa shape index (κ3) is 5.43. The van der Waals surface area contributed by atoms with Gasteiger partial charge in [0.25, 0.3) is 0 Å². The molecule has 0 aliphatic heterocycles. The number of hydrogen-bond acceptors (Lipinski definition) is 3. The summed E-state index contributed by atoms with van der Waals surface area (Å²) in [7, 11) is 0. The van der Waals surface area contributed by atoms with Crippen LogP contribution in [0.15, 0.2) is 24.3 Å². The van der Waals surface area contributed by atoms with Crippen LogP contribution >= 0.6 is 0 Å². The van der Waals surface area contributed by atoms with Crippen LogP contribution in [0.1, 0.15) is 28.8 Å². The molecule has 7 heteroatoms. The van der Waals surface area contributed by atoms with Crippen LogP contribution in [-0.2, 0) is 11.3 Å². The molecule has 22 heavy (non-hydrogen) atoms. The lowest BCUT2D eigenvalue weighted by Gasteiger charge is -2.08. The van der Waals surface area contributed by atoms with Crippen molar-refractivity contribution >= 4 is 17.9 Å². The van der Waals surface area contributed by atoms with E-state index < -0.39 is 12.0 Å². The third-order valence-electron chi connectivity index (χ3n) is 3.35. The standard InChI is InChI=1S/C15H19N3O4/c19-13(16-7-10-1-2-10)9-18-15(22)17-8-11-3-5-12(6-4-11)14(20)21/h3-6,10H,1-2,7-9H2,(H,16,19)(H,20,21)(H2,17,18,22). The van der Waals surface area contributed by atoms with Gasteiger partial charge in [-0.05, 0) is 36.5 Å². The van der Waals surface area contributed by atoms with Crippen molar-refractivity contribution in [2.45, 2.75) is 19.4 Å². The normalized spacial score (nSPS) is 13.3. The summed E-state index contributed by atoms with van der Waals surface area (Å²) in [6, 6.07) is 5.77. The predicted molar refractivity (Wildman–Crippen MR) is 79.4 cm³/mol. The monoisotopic (exact) mass is 305 g/mol. The Morgan fingerprint density at radius 3 is 2.32 bits per heavy atom. The highest BCUT2D eigenvalue weighted by molar-refractivity contribution is 5.87. The van der Waals surface area contributed by atoms with E-state index in [9.17, 15) is 14.4 Å². The zero-order valence-electron chi connectivity index (χ0n) is 12.1. The zero-order valence-corrected chi connectivity index (χ0v) is 12.1. The summed E-state index contributed by atoms with van der Waals surface area (Å²) >= 11 is 0. The van der Waals surface area contributed by atoms with Gasteiger partial charge in [-0.1, -0.05) is 12.1 Å². The van der Waals surface area contributed by atoms with E-state index in [1.807, 2.05) is 0 Å². The van der Waals surface area contributed by atoms with E-state index >= 15 is 0 Å². The molecule has 0 saturated heterocycles. The summed E-state index contributed by atoms with van der Waals surface area (Å²) in [6.07, 6.45) is 2.32. The van der Waals surface area contributed by atoms with Crippen LogP contribution in [0.25, 0.3) is 0 Å². The second-order valence-corrected chi connectivity index (χ2v) is 5.29. The first-order valence-electron chi connectivity index (χ1n) is 7.15. The molecule has 0 spiro atoms. The number of amides is 3. The maximum absolute atomic E-state index is 11.6. The van der Waals surface area contributed by atoms with Crippen molar-refractivity contribution in [2.24, 2.45) is 5.92 Å². The molecule has 4 N–H and O–H groups in total. The predicted octanol–water partition coefficient (Wildman–Crippen LogP) is 0.710. The van der Waals surface area contributed by atoms with Crippen molar-refractivity contribution < 1.29 is 19.5 Å². The fraction of sp³-hybridized carbons (Fsp3) is 0.400. The van der Waals surface area contributed by atoms with Gasteiger partial charge in [0.15, 0.2) is 0 Å². The Labute approximate surface area is 128 Å².